The summed E-state index contributed by atoms with van der Waals surface area (Å²) in [5.74, 6) is -0.318. The number of rotatable bonds is 4. The van der Waals surface area contributed by atoms with Gasteiger partial charge in [0.15, 0.2) is 0 Å². The Morgan fingerprint density at radius 3 is 2.47 bits per heavy atom. The Balaban J connectivity index is 2.05. The van der Waals surface area contributed by atoms with Crippen molar-refractivity contribution >= 4 is 38.9 Å². The summed E-state index contributed by atoms with van der Waals surface area (Å²) in [4.78, 5) is 12.6. The van der Waals surface area contributed by atoms with Crippen molar-refractivity contribution in [2.24, 2.45) is 0 Å². The minimum Gasteiger partial charge on any atom is -0.465 e. The molecule has 1 unspecified atom stereocenters. The van der Waals surface area contributed by atoms with Crippen molar-refractivity contribution in [3.05, 3.63) is 50.6 Å². The van der Waals surface area contributed by atoms with Crippen molar-refractivity contribution in [2.45, 2.75) is 13.0 Å². The van der Waals surface area contributed by atoms with E-state index in [2.05, 4.69) is 39.0 Å². The molecule has 1 aromatic heterocycles. The number of carbonyl (C=O) groups is 1. The third-order valence-corrected chi connectivity index (χ3v) is 4.52. The summed E-state index contributed by atoms with van der Waals surface area (Å²) in [7, 11) is 1.38. The second kappa shape index (κ2) is 6.21. The van der Waals surface area contributed by atoms with Crippen LogP contribution in [0.4, 0.5) is 5.69 Å². The van der Waals surface area contributed by atoms with Gasteiger partial charge in [0, 0.05) is 10.6 Å². The van der Waals surface area contributed by atoms with Gasteiger partial charge >= 0.3 is 5.97 Å². The first-order valence-electron chi connectivity index (χ1n) is 5.80. The lowest BCUT2D eigenvalue weighted by Crippen LogP contribution is -2.05. The van der Waals surface area contributed by atoms with Gasteiger partial charge < -0.3 is 10.1 Å². The largest absolute Gasteiger partial charge is 0.465 e. The number of anilines is 1. The quantitative estimate of drug-likeness (QED) is 0.835. The van der Waals surface area contributed by atoms with Gasteiger partial charge in [-0.25, -0.2) is 4.79 Å². The Hall–Kier alpha value is -1.33. The van der Waals surface area contributed by atoms with Gasteiger partial charge in [-0.1, -0.05) is 0 Å². The molecule has 3 nitrogen and oxygen atoms in total. The highest BCUT2D eigenvalue weighted by Crippen LogP contribution is 2.29. The maximum absolute atomic E-state index is 11.3. The van der Waals surface area contributed by atoms with Gasteiger partial charge in [-0.2, -0.15) is 0 Å². The van der Waals surface area contributed by atoms with E-state index in [4.69, 9.17) is 0 Å². The van der Waals surface area contributed by atoms with E-state index in [0.29, 0.717) is 5.56 Å². The Kier molecular flexibility index (Phi) is 4.61. The number of esters is 1. The number of benzene rings is 1. The van der Waals surface area contributed by atoms with Gasteiger partial charge in [-0.05, 0) is 59.3 Å². The average Bonchev–Trinajstić information content (AvgIpc) is 2.85. The van der Waals surface area contributed by atoms with Crippen molar-refractivity contribution in [1.29, 1.82) is 0 Å². The molecule has 0 aliphatic rings. The Bertz CT molecular complexity index is 565. The molecule has 0 spiro atoms. The zero-order chi connectivity index (χ0) is 13.8. The second-order valence-corrected chi connectivity index (χ2v) is 6.57. The standard InChI is InChI=1S/C14H14BrNO2S/c1-9(12-7-8-13(15)19-12)16-11-5-3-10(4-6-11)14(17)18-2/h3-9,16H,1-2H3. The van der Waals surface area contributed by atoms with Gasteiger partial charge in [-0.3, -0.25) is 0 Å². The molecule has 0 fully saturated rings. The highest BCUT2D eigenvalue weighted by molar-refractivity contribution is 9.11. The van der Waals surface area contributed by atoms with Crippen molar-refractivity contribution in [3.63, 3.8) is 0 Å². The SMILES string of the molecule is COC(=O)c1ccc(NC(C)c2ccc(Br)s2)cc1. The predicted molar refractivity (Wildman–Crippen MR) is 81.8 cm³/mol. The minimum atomic E-state index is -0.318. The topological polar surface area (TPSA) is 38.3 Å². The molecule has 0 aliphatic carbocycles. The highest BCUT2D eigenvalue weighted by Gasteiger charge is 2.09. The number of hydrogen-bond acceptors (Lipinski definition) is 4. The molecule has 5 heteroatoms. The van der Waals surface area contributed by atoms with Gasteiger partial charge in [0.1, 0.15) is 0 Å². The zero-order valence-electron chi connectivity index (χ0n) is 10.6. The lowest BCUT2D eigenvalue weighted by molar-refractivity contribution is 0.0601. The first-order chi connectivity index (χ1) is 9.10. The highest BCUT2D eigenvalue weighted by atomic mass is 79.9. The zero-order valence-corrected chi connectivity index (χ0v) is 13.0. The Labute approximate surface area is 124 Å². The van der Waals surface area contributed by atoms with E-state index in [0.717, 1.165) is 9.47 Å². The molecule has 100 valence electrons. The fraction of sp³-hybridized carbons (Fsp3) is 0.214. The van der Waals surface area contributed by atoms with Crippen LogP contribution in [-0.2, 0) is 4.74 Å². The van der Waals surface area contributed by atoms with Gasteiger partial charge in [0.2, 0.25) is 0 Å². The molecule has 1 atom stereocenters. The summed E-state index contributed by atoms with van der Waals surface area (Å²) in [6.45, 7) is 2.10. The summed E-state index contributed by atoms with van der Waals surface area (Å²) in [6.07, 6.45) is 0. The smallest absolute Gasteiger partial charge is 0.337 e. The number of hydrogen-bond donors (Lipinski definition) is 1. The fourth-order valence-electron chi connectivity index (χ4n) is 1.70. The molecule has 2 aromatic rings. The number of ether oxygens (including phenoxy) is 1. The summed E-state index contributed by atoms with van der Waals surface area (Å²) in [5, 5.41) is 3.39. The third-order valence-electron chi connectivity index (χ3n) is 2.71. The maximum Gasteiger partial charge on any atom is 0.337 e. The summed E-state index contributed by atoms with van der Waals surface area (Å²) >= 11 is 5.17. The fourth-order valence-corrected chi connectivity index (χ4v) is 3.13. The number of methoxy groups -OCH3 is 1. The van der Waals surface area contributed by atoms with Crippen LogP contribution in [0.5, 0.6) is 0 Å². The summed E-state index contributed by atoms with van der Waals surface area (Å²) in [5.41, 5.74) is 1.53. The molecule has 1 N–H and O–H groups in total. The van der Waals surface area contributed by atoms with Gasteiger partial charge in [0.05, 0.1) is 22.5 Å². The van der Waals surface area contributed by atoms with Crippen LogP contribution >= 0.6 is 27.3 Å². The van der Waals surface area contributed by atoms with E-state index in [1.165, 1.54) is 12.0 Å². The third kappa shape index (κ3) is 3.58. The molecular weight excluding hydrogens is 326 g/mol. The van der Waals surface area contributed by atoms with E-state index in [1.54, 1.807) is 23.5 Å². The Morgan fingerprint density at radius 1 is 1.26 bits per heavy atom. The van der Waals surface area contributed by atoms with E-state index in [9.17, 15) is 4.79 Å². The predicted octanol–water partition coefficient (Wildman–Crippen LogP) is 4.47. The molecule has 0 radical (unpaired) electrons. The van der Waals surface area contributed by atoms with Crippen LogP contribution < -0.4 is 5.32 Å². The minimum absolute atomic E-state index is 0.222. The summed E-state index contributed by atoms with van der Waals surface area (Å²) < 4.78 is 5.79. The van der Waals surface area contributed by atoms with Crippen molar-refractivity contribution in [3.8, 4) is 0 Å². The second-order valence-electron chi connectivity index (χ2n) is 4.08. The van der Waals surface area contributed by atoms with E-state index in [-0.39, 0.29) is 12.0 Å². The van der Waals surface area contributed by atoms with E-state index >= 15 is 0 Å². The molecule has 19 heavy (non-hydrogen) atoms. The van der Waals surface area contributed by atoms with Crippen LogP contribution in [0.25, 0.3) is 0 Å². The molecule has 1 aromatic carbocycles. The van der Waals surface area contributed by atoms with E-state index in [1.807, 2.05) is 18.2 Å². The summed E-state index contributed by atoms with van der Waals surface area (Å²) in [6, 6.07) is 11.6. The number of nitrogens with one attached hydrogen (secondary N) is 1. The van der Waals surface area contributed by atoms with Crippen molar-refractivity contribution < 1.29 is 9.53 Å². The van der Waals surface area contributed by atoms with Gasteiger partial charge in [-0.15, -0.1) is 11.3 Å². The number of halogens is 1. The van der Waals surface area contributed by atoms with Gasteiger partial charge in [0.25, 0.3) is 0 Å². The normalized spacial score (nSPS) is 11.9. The van der Waals surface area contributed by atoms with E-state index < -0.39 is 0 Å². The first-order valence-corrected chi connectivity index (χ1v) is 7.41. The molecule has 0 aliphatic heterocycles. The molecule has 1 heterocycles. The molecule has 0 saturated heterocycles. The number of carbonyl (C=O) groups excluding carboxylic acids is 1. The molecule has 0 amide bonds. The molecular formula is C14H14BrNO2S. The lowest BCUT2D eigenvalue weighted by atomic mass is 10.2. The van der Waals surface area contributed by atoms with Crippen LogP contribution in [0.1, 0.15) is 28.2 Å². The lowest BCUT2D eigenvalue weighted by Gasteiger charge is -2.13. The molecule has 2 rings (SSSR count). The maximum atomic E-state index is 11.3. The van der Waals surface area contributed by atoms with Crippen LogP contribution in [0.15, 0.2) is 40.2 Å². The van der Waals surface area contributed by atoms with Crippen molar-refractivity contribution in [1.82, 2.24) is 0 Å². The van der Waals surface area contributed by atoms with Crippen LogP contribution in [0, 0.1) is 0 Å². The van der Waals surface area contributed by atoms with Crippen molar-refractivity contribution in [2.75, 3.05) is 12.4 Å². The first kappa shape index (κ1) is 14.1. The molecule has 0 bridgehead atoms. The van der Waals surface area contributed by atoms with Crippen LogP contribution in [-0.4, -0.2) is 13.1 Å². The average molecular weight is 340 g/mol. The Morgan fingerprint density at radius 2 is 1.95 bits per heavy atom. The molecule has 0 saturated carbocycles. The monoisotopic (exact) mass is 339 g/mol. The van der Waals surface area contributed by atoms with Crippen LogP contribution in [0.2, 0.25) is 0 Å². The number of thiophene rings is 1. The van der Waals surface area contributed by atoms with Crippen LogP contribution in [0.3, 0.4) is 0 Å².